The Hall–Kier alpha value is -2.43. The number of aliphatic hydroxyl groups excluding tert-OH is 1. The van der Waals surface area contributed by atoms with Crippen molar-refractivity contribution >= 4 is 29.5 Å². The maximum atomic E-state index is 12.2. The van der Waals surface area contributed by atoms with Crippen molar-refractivity contribution in [3.63, 3.8) is 0 Å². The molecule has 1 fully saturated rings. The lowest BCUT2D eigenvalue weighted by atomic mass is 10.1. The third-order valence-electron chi connectivity index (χ3n) is 4.52. The molecule has 0 saturated carbocycles. The number of rotatable bonds is 6. The highest BCUT2D eigenvalue weighted by atomic mass is 32.2. The third kappa shape index (κ3) is 3.68. The summed E-state index contributed by atoms with van der Waals surface area (Å²) in [6.45, 7) is 1.84. The fourth-order valence-electron chi connectivity index (χ4n) is 3.11. The van der Waals surface area contributed by atoms with E-state index in [1.165, 1.54) is 16.7 Å². The number of aromatic nitrogens is 1. The number of carbonyl (C=O) groups excluding carboxylic acids is 3. The van der Waals surface area contributed by atoms with Gasteiger partial charge in [0.05, 0.1) is 35.4 Å². The van der Waals surface area contributed by atoms with Crippen LogP contribution in [0.2, 0.25) is 0 Å². The average Bonchev–Trinajstić information content (AvgIpc) is 2.62. The van der Waals surface area contributed by atoms with Crippen LogP contribution in [-0.4, -0.2) is 51.7 Å². The maximum Gasteiger partial charge on any atom is 0.257 e. The summed E-state index contributed by atoms with van der Waals surface area (Å²) in [6, 6.07) is 1.73. The van der Waals surface area contributed by atoms with Gasteiger partial charge in [-0.05, 0) is 12.5 Å². The van der Waals surface area contributed by atoms with Gasteiger partial charge in [-0.15, -0.1) is 11.8 Å². The lowest BCUT2D eigenvalue weighted by Gasteiger charge is -2.47. The van der Waals surface area contributed by atoms with Crippen molar-refractivity contribution in [3.05, 3.63) is 40.9 Å². The first-order valence-corrected chi connectivity index (χ1v) is 9.34. The van der Waals surface area contributed by atoms with E-state index in [2.05, 4.69) is 5.32 Å². The first kappa shape index (κ1) is 19.3. The SMILES string of the molecule is Cc1cc[n+](CC2=C(C(=O)[O-])N3C(=O)CC3SC2N)cc1C(=O)NCCO. The molecular weight excluding hydrogens is 372 g/mol. The minimum Gasteiger partial charge on any atom is -0.543 e. The second kappa shape index (κ2) is 7.67. The Balaban J connectivity index is 1.93. The van der Waals surface area contributed by atoms with Gasteiger partial charge >= 0.3 is 0 Å². The summed E-state index contributed by atoms with van der Waals surface area (Å²) in [5.41, 5.74) is 7.45. The Morgan fingerprint density at radius 3 is 2.89 bits per heavy atom. The number of aliphatic hydroxyl groups is 1. The molecule has 10 heteroatoms. The lowest BCUT2D eigenvalue weighted by Crippen LogP contribution is -2.59. The van der Waals surface area contributed by atoms with E-state index in [0.717, 1.165) is 5.56 Å². The molecule has 0 radical (unpaired) electrons. The van der Waals surface area contributed by atoms with Crippen LogP contribution < -0.4 is 20.7 Å². The van der Waals surface area contributed by atoms with Gasteiger partial charge in [0.15, 0.2) is 18.9 Å². The Labute approximate surface area is 159 Å². The van der Waals surface area contributed by atoms with Crippen molar-refractivity contribution in [2.24, 2.45) is 5.73 Å². The van der Waals surface area contributed by atoms with Gasteiger partial charge in [-0.25, -0.2) is 4.57 Å². The molecule has 4 N–H and O–H groups in total. The van der Waals surface area contributed by atoms with Gasteiger partial charge in [-0.1, -0.05) is 0 Å². The van der Waals surface area contributed by atoms with E-state index in [4.69, 9.17) is 10.8 Å². The van der Waals surface area contributed by atoms with Gasteiger partial charge in [-0.2, -0.15) is 0 Å². The molecule has 2 aliphatic rings. The number of nitrogens with zero attached hydrogens (tertiary/aromatic N) is 2. The number of aliphatic carboxylic acids is 1. The number of nitrogens with two attached hydrogens (primary N) is 1. The Kier molecular flexibility index (Phi) is 5.49. The van der Waals surface area contributed by atoms with E-state index in [-0.39, 0.29) is 49.0 Å². The summed E-state index contributed by atoms with van der Waals surface area (Å²) in [5.74, 6) is -2.05. The predicted octanol–water partition coefficient (Wildman–Crippen LogP) is -2.40. The molecule has 0 aromatic carbocycles. The number of pyridine rings is 1. The first-order valence-electron chi connectivity index (χ1n) is 8.39. The maximum absolute atomic E-state index is 12.2. The smallest absolute Gasteiger partial charge is 0.257 e. The number of carbonyl (C=O) groups is 3. The number of carboxylic acid groups (broad SMARTS) is 1. The fourth-order valence-corrected chi connectivity index (χ4v) is 4.38. The third-order valence-corrected chi connectivity index (χ3v) is 5.79. The standard InChI is InChI=1S/C17H20N4O5S/c1-9-2-4-20(7-10(9)16(24)19-3-5-22)8-11-14(17(25)26)21-12(23)6-13(21)27-15(11)18/h2,4,7,13,15,22H,3,5-6,8,18H2,1H3,(H-,19,24,25,26). The van der Waals surface area contributed by atoms with Crippen LogP contribution in [0.3, 0.4) is 0 Å². The van der Waals surface area contributed by atoms with Crippen LogP contribution >= 0.6 is 11.8 Å². The summed E-state index contributed by atoms with van der Waals surface area (Å²) in [5, 5.41) is 22.2. The number of nitrogens with one attached hydrogen (secondary N) is 1. The Morgan fingerprint density at radius 1 is 1.52 bits per heavy atom. The van der Waals surface area contributed by atoms with Crippen molar-refractivity contribution < 1.29 is 29.2 Å². The first-order chi connectivity index (χ1) is 12.8. The van der Waals surface area contributed by atoms with Crippen LogP contribution in [0.1, 0.15) is 22.3 Å². The molecule has 2 atom stereocenters. The Bertz CT molecular complexity index is 841. The second-order valence-electron chi connectivity index (χ2n) is 6.33. The number of amides is 2. The topological polar surface area (TPSA) is 140 Å². The van der Waals surface area contributed by atoms with Crippen molar-refractivity contribution in [1.29, 1.82) is 0 Å². The van der Waals surface area contributed by atoms with E-state index in [9.17, 15) is 19.5 Å². The van der Waals surface area contributed by atoms with Crippen molar-refractivity contribution in [2.45, 2.75) is 30.6 Å². The summed E-state index contributed by atoms with van der Waals surface area (Å²) in [7, 11) is 0. The monoisotopic (exact) mass is 392 g/mol. The van der Waals surface area contributed by atoms with E-state index in [1.54, 1.807) is 30.0 Å². The molecule has 0 spiro atoms. The van der Waals surface area contributed by atoms with Gasteiger partial charge in [0, 0.05) is 18.2 Å². The number of hydrogen-bond donors (Lipinski definition) is 3. The van der Waals surface area contributed by atoms with Crippen molar-refractivity contribution in [3.8, 4) is 0 Å². The zero-order valence-electron chi connectivity index (χ0n) is 14.7. The Morgan fingerprint density at radius 2 is 2.26 bits per heavy atom. The second-order valence-corrected chi connectivity index (χ2v) is 7.66. The zero-order chi connectivity index (χ0) is 19.7. The number of β-lactam (4-membered cyclic amide) rings is 1. The number of fused-ring (bicyclic) bond motifs is 1. The molecule has 1 aromatic heterocycles. The highest BCUT2D eigenvalue weighted by Crippen LogP contribution is 2.42. The van der Waals surface area contributed by atoms with Gasteiger partial charge in [0.25, 0.3) is 5.91 Å². The normalized spacial score (nSPS) is 21.6. The van der Waals surface area contributed by atoms with Crippen LogP contribution in [0.4, 0.5) is 0 Å². The summed E-state index contributed by atoms with van der Waals surface area (Å²) >= 11 is 1.33. The van der Waals surface area contributed by atoms with E-state index in [1.807, 2.05) is 0 Å². The molecule has 27 heavy (non-hydrogen) atoms. The highest BCUT2D eigenvalue weighted by molar-refractivity contribution is 8.00. The van der Waals surface area contributed by atoms with Crippen LogP contribution in [0.25, 0.3) is 0 Å². The minimum atomic E-state index is -1.44. The molecule has 2 aliphatic heterocycles. The summed E-state index contributed by atoms with van der Waals surface area (Å²) < 4.78 is 1.64. The quantitative estimate of drug-likeness (QED) is 0.362. The van der Waals surface area contributed by atoms with Crippen LogP contribution in [0.5, 0.6) is 0 Å². The van der Waals surface area contributed by atoms with E-state index < -0.39 is 11.3 Å². The van der Waals surface area contributed by atoms with Crippen LogP contribution in [0.15, 0.2) is 29.7 Å². The van der Waals surface area contributed by atoms with Gasteiger partial charge < -0.3 is 26.1 Å². The zero-order valence-corrected chi connectivity index (χ0v) is 15.5. The molecule has 0 aliphatic carbocycles. The molecule has 2 amide bonds. The molecule has 3 heterocycles. The molecule has 2 unspecified atom stereocenters. The molecule has 3 rings (SSSR count). The predicted molar refractivity (Wildman–Crippen MR) is 93.6 cm³/mol. The number of hydrogen-bond acceptors (Lipinski definition) is 7. The van der Waals surface area contributed by atoms with Crippen molar-refractivity contribution in [1.82, 2.24) is 10.2 Å². The fraction of sp³-hybridized carbons (Fsp3) is 0.412. The minimum absolute atomic E-state index is 0.106. The lowest BCUT2D eigenvalue weighted by molar-refractivity contribution is -0.689. The van der Waals surface area contributed by atoms with Gasteiger partial charge in [0.1, 0.15) is 5.56 Å². The highest BCUT2D eigenvalue weighted by Gasteiger charge is 2.46. The number of aryl methyl sites for hydroxylation is 1. The molecule has 1 saturated heterocycles. The average molecular weight is 392 g/mol. The summed E-state index contributed by atoms with van der Waals surface area (Å²) in [4.78, 5) is 36.9. The van der Waals surface area contributed by atoms with Crippen LogP contribution in [0, 0.1) is 6.92 Å². The number of carboxylic acids is 1. The van der Waals surface area contributed by atoms with Crippen LogP contribution in [-0.2, 0) is 16.1 Å². The molecule has 9 nitrogen and oxygen atoms in total. The van der Waals surface area contributed by atoms with Gasteiger partial charge in [0.2, 0.25) is 5.91 Å². The van der Waals surface area contributed by atoms with Gasteiger partial charge in [-0.3, -0.25) is 14.5 Å². The van der Waals surface area contributed by atoms with Crippen molar-refractivity contribution in [2.75, 3.05) is 13.2 Å². The number of thioether (sulfide) groups is 1. The van der Waals surface area contributed by atoms with E-state index in [0.29, 0.717) is 11.1 Å². The molecule has 0 bridgehead atoms. The molecule has 144 valence electrons. The molecule has 1 aromatic rings. The largest absolute Gasteiger partial charge is 0.543 e. The van der Waals surface area contributed by atoms with E-state index >= 15 is 0 Å². The summed E-state index contributed by atoms with van der Waals surface area (Å²) in [6.07, 6.45) is 3.55. The molecular formula is C17H20N4O5S.